The van der Waals surface area contributed by atoms with Gasteiger partial charge in [-0.2, -0.15) is 5.10 Å². The predicted octanol–water partition coefficient (Wildman–Crippen LogP) is 2.38. The minimum Gasteiger partial charge on any atom is -0.308 e. The van der Waals surface area contributed by atoms with Crippen LogP contribution in [0.4, 0.5) is 0 Å². The van der Waals surface area contributed by atoms with Crippen LogP contribution >= 0.6 is 11.3 Å². The summed E-state index contributed by atoms with van der Waals surface area (Å²) >= 11 is 1.56. The topological polar surface area (TPSA) is 55.6 Å². The number of hydrogen-bond acceptors (Lipinski definition) is 5. The van der Waals surface area contributed by atoms with E-state index in [1.165, 1.54) is 0 Å². The zero-order valence-electron chi connectivity index (χ0n) is 10.9. The Bertz CT molecular complexity index is 685. The van der Waals surface area contributed by atoms with Crippen LogP contribution in [0.1, 0.15) is 18.9 Å². The maximum Gasteiger partial charge on any atom is 0.233 e. The lowest BCUT2D eigenvalue weighted by atomic mass is 10.3. The van der Waals surface area contributed by atoms with Crippen LogP contribution in [0.5, 0.6) is 0 Å². The minimum absolute atomic E-state index is 0.442. The van der Waals surface area contributed by atoms with Crippen LogP contribution in [0, 0.1) is 0 Å². The van der Waals surface area contributed by atoms with Gasteiger partial charge in [0.15, 0.2) is 0 Å². The summed E-state index contributed by atoms with van der Waals surface area (Å²) in [6.45, 7) is 4.97. The first kappa shape index (κ1) is 12.3. The van der Waals surface area contributed by atoms with Gasteiger partial charge in [-0.1, -0.05) is 43.4 Å². The molecule has 1 N–H and O–H groups in total. The van der Waals surface area contributed by atoms with Gasteiger partial charge in [-0.3, -0.25) is 0 Å². The number of aromatic nitrogens is 4. The summed E-state index contributed by atoms with van der Waals surface area (Å²) in [5.74, 6) is 0. The lowest BCUT2D eigenvalue weighted by Crippen LogP contribution is -2.21. The SMILES string of the molecule is CC(C)NCc1nnc(-n2ncc3ccccc32)s1. The number of rotatable bonds is 4. The van der Waals surface area contributed by atoms with Crippen LogP contribution < -0.4 is 5.32 Å². The van der Waals surface area contributed by atoms with Gasteiger partial charge in [0, 0.05) is 18.0 Å². The van der Waals surface area contributed by atoms with E-state index < -0.39 is 0 Å². The lowest BCUT2D eigenvalue weighted by Gasteiger charge is -2.03. The summed E-state index contributed by atoms with van der Waals surface area (Å²) in [5, 5.41) is 19.0. The number of nitrogens with zero attached hydrogens (tertiary/aromatic N) is 4. The average Bonchev–Trinajstić information content (AvgIpc) is 3.02. The molecule has 2 aromatic heterocycles. The van der Waals surface area contributed by atoms with E-state index >= 15 is 0 Å². The first-order valence-electron chi connectivity index (χ1n) is 6.23. The zero-order valence-corrected chi connectivity index (χ0v) is 11.7. The van der Waals surface area contributed by atoms with Crippen molar-refractivity contribution in [2.75, 3.05) is 0 Å². The van der Waals surface area contributed by atoms with Crippen molar-refractivity contribution in [2.45, 2.75) is 26.4 Å². The molecule has 0 radical (unpaired) electrons. The van der Waals surface area contributed by atoms with E-state index in [-0.39, 0.29) is 0 Å². The molecule has 0 aliphatic rings. The average molecular weight is 273 g/mol. The molecule has 0 aliphatic heterocycles. The molecule has 0 amide bonds. The van der Waals surface area contributed by atoms with E-state index in [9.17, 15) is 0 Å². The quantitative estimate of drug-likeness (QED) is 0.793. The Morgan fingerprint density at radius 3 is 2.95 bits per heavy atom. The molecule has 0 bridgehead atoms. The van der Waals surface area contributed by atoms with E-state index in [0.717, 1.165) is 27.6 Å². The molecule has 2 heterocycles. The largest absolute Gasteiger partial charge is 0.308 e. The summed E-state index contributed by atoms with van der Waals surface area (Å²) in [5.41, 5.74) is 1.06. The highest BCUT2D eigenvalue weighted by Gasteiger charge is 2.10. The van der Waals surface area contributed by atoms with Gasteiger partial charge in [-0.25, -0.2) is 4.68 Å². The van der Waals surface area contributed by atoms with E-state index in [1.54, 1.807) is 11.3 Å². The van der Waals surface area contributed by atoms with Gasteiger partial charge in [0.05, 0.1) is 11.7 Å². The summed E-state index contributed by atoms with van der Waals surface area (Å²) in [6.07, 6.45) is 1.85. The van der Waals surface area contributed by atoms with E-state index in [4.69, 9.17) is 0 Å². The molecule has 6 heteroatoms. The van der Waals surface area contributed by atoms with Crippen molar-refractivity contribution >= 4 is 22.2 Å². The Morgan fingerprint density at radius 1 is 1.26 bits per heavy atom. The number of para-hydroxylation sites is 1. The van der Waals surface area contributed by atoms with Crippen molar-refractivity contribution < 1.29 is 0 Å². The standard InChI is InChI=1S/C13H15N5S/c1-9(2)14-8-12-16-17-13(19-12)18-11-6-4-3-5-10(11)7-15-18/h3-7,9,14H,8H2,1-2H3. The maximum atomic E-state index is 4.38. The van der Waals surface area contributed by atoms with Gasteiger partial charge >= 0.3 is 0 Å². The minimum atomic E-state index is 0.442. The Kier molecular flexibility index (Phi) is 3.27. The van der Waals surface area contributed by atoms with Crippen LogP contribution in [-0.4, -0.2) is 26.0 Å². The van der Waals surface area contributed by atoms with Crippen molar-refractivity contribution in [1.29, 1.82) is 0 Å². The molecule has 3 rings (SSSR count). The first-order valence-corrected chi connectivity index (χ1v) is 7.04. The highest BCUT2D eigenvalue weighted by Crippen LogP contribution is 2.20. The third kappa shape index (κ3) is 2.50. The van der Waals surface area contributed by atoms with Crippen LogP contribution in [0.15, 0.2) is 30.5 Å². The predicted molar refractivity (Wildman–Crippen MR) is 76.5 cm³/mol. The van der Waals surface area contributed by atoms with Gasteiger partial charge in [0.25, 0.3) is 0 Å². The second kappa shape index (κ2) is 5.07. The summed E-state index contributed by atoms with van der Waals surface area (Å²) in [7, 11) is 0. The van der Waals surface area contributed by atoms with Gasteiger partial charge in [0.1, 0.15) is 5.01 Å². The number of nitrogens with one attached hydrogen (secondary N) is 1. The van der Waals surface area contributed by atoms with Crippen LogP contribution in [-0.2, 0) is 6.54 Å². The zero-order chi connectivity index (χ0) is 13.2. The van der Waals surface area contributed by atoms with Gasteiger partial charge in [-0.05, 0) is 6.07 Å². The van der Waals surface area contributed by atoms with Crippen molar-refractivity contribution in [3.05, 3.63) is 35.5 Å². The summed E-state index contributed by atoms with van der Waals surface area (Å²) in [4.78, 5) is 0. The van der Waals surface area contributed by atoms with E-state index in [0.29, 0.717) is 6.04 Å². The van der Waals surface area contributed by atoms with E-state index in [1.807, 2.05) is 35.1 Å². The fourth-order valence-corrected chi connectivity index (χ4v) is 2.58. The van der Waals surface area contributed by atoms with Gasteiger partial charge in [-0.15, -0.1) is 10.2 Å². The second-order valence-corrected chi connectivity index (χ2v) is 5.67. The fourth-order valence-electron chi connectivity index (χ4n) is 1.82. The molecule has 0 unspecified atom stereocenters. The smallest absolute Gasteiger partial charge is 0.233 e. The molecule has 5 nitrogen and oxygen atoms in total. The maximum absolute atomic E-state index is 4.38. The Hall–Kier alpha value is -1.79. The van der Waals surface area contributed by atoms with Gasteiger partial charge in [0.2, 0.25) is 5.13 Å². The van der Waals surface area contributed by atoms with E-state index in [2.05, 4.69) is 34.5 Å². The second-order valence-electron chi connectivity index (χ2n) is 4.63. The highest BCUT2D eigenvalue weighted by molar-refractivity contribution is 7.13. The Morgan fingerprint density at radius 2 is 2.11 bits per heavy atom. The molecule has 98 valence electrons. The Labute approximate surface area is 115 Å². The van der Waals surface area contributed by atoms with Crippen molar-refractivity contribution in [3.8, 4) is 5.13 Å². The first-order chi connectivity index (χ1) is 9.24. The molecular formula is C13H15N5S. The third-order valence-corrected chi connectivity index (χ3v) is 3.67. The fraction of sp³-hybridized carbons (Fsp3) is 0.308. The third-order valence-electron chi connectivity index (χ3n) is 2.78. The molecule has 0 aliphatic carbocycles. The Balaban J connectivity index is 1.90. The molecule has 0 saturated carbocycles. The summed E-state index contributed by atoms with van der Waals surface area (Å²) in [6, 6.07) is 8.53. The molecule has 0 atom stereocenters. The van der Waals surface area contributed by atoms with Crippen molar-refractivity contribution in [1.82, 2.24) is 25.3 Å². The van der Waals surface area contributed by atoms with Crippen LogP contribution in [0.2, 0.25) is 0 Å². The van der Waals surface area contributed by atoms with Crippen molar-refractivity contribution in [2.24, 2.45) is 0 Å². The molecule has 0 spiro atoms. The number of hydrogen-bond donors (Lipinski definition) is 1. The molecule has 3 aromatic rings. The lowest BCUT2D eigenvalue weighted by molar-refractivity contribution is 0.584. The monoisotopic (exact) mass is 273 g/mol. The molecule has 1 aromatic carbocycles. The number of fused-ring (bicyclic) bond motifs is 1. The molecule has 0 fully saturated rings. The van der Waals surface area contributed by atoms with Crippen LogP contribution in [0.25, 0.3) is 16.0 Å². The normalized spacial score (nSPS) is 11.5. The van der Waals surface area contributed by atoms with Gasteiger partial charge < -0.3 is 5.32 Å². The van der Waals surface area contributed by atoms with Crippen LogP contribution in [0.3, 0.4) is 0 Å². The molecular weight excluding hydrogens is 258 g/mol. The summed E-state index contributed by atoms with van der Waals surface area (Å²) < 4.78 is 1.84. The molecule has 0 saturated heterocycles. The molecule has 19 heavy (non-hydrogen) atoms. The van der Waals surface area contributed by atoms with Crippen molar-refractivity contribution in [3.63, 3.8) is 0 Å². The highest BCUT2D eigenvalue weighted by atomic mass is 32.1. The number of benzene rings is 1.